The average Bonchev–Trinajstić information content (AvgIpc) is 3.30. The highest BCUT2D eigenvalue weighted by molar-refractivity contribution is 5.91. The van der Waals surface area contributed by atoms with Crippen LogP contribution >= 0.6 is 0 Å². The smallest absolute Gasteiger partial charge is 0.233 e. The molecule has 0 aromatic heterocycles. The number of aryl methyl sites for hydroxylation is 1. The van der Waals surface area contributed by atoms with E-state index in [4.69, 9.17) is 5.11 Å². The first-order chi connectivity index (χ1) is 12.0. The first kappa shape index (κ1) is 18.4. The molecule has 1 aromatic rings. The van der Waals surface area contributed by atoms with E-state index < -0.39 is 0 Å². The zero-order valence-corrected chi connectivity index (χ0v) is 15.3. The van der Waals surface area contributed by atoms with Crippen molar-refractivity contribution in [1.82, 2.24) is 9.80 Å². The number of hydrogen-bond acceptors (Lipinski definition) is 4. The largest absolute Gasteiger partial charge is 0.396 e. The van der Waals surface area contributed by atoms with Crippen LogP contribution in [0.3, 0.4) is 0 Å². The van der Waals surface area contributed by atoms with Crippen LogP contribution in [0.25, 0.3) is 0 Å². The third kappa shape index (κ3) is 3.73. The van der Waals surface area contributed by atoms with Gasteiger partial charge in [0.25, 0.3) is 0 Å². The lowest BCUT2D eigenvalue weighted by atomic mass is 9.93. The van der Waals surface area contributed by atoms with Crippen LogP contribution in [0.4, 0.5) is 0 Å². The fourth-order valence-corrected chi connectivity index (χ4v) is 4.11. The molecule has 25 heavy (non-hydrogen) atoms. The summed E-state index contributed by atoms with van der Waals surface area (Å²) in [5, 5.41) is 18.8. The number of likely N-dealkylation sites (tertiary alicyclic amines) is 1. The highest BCUT2D eigenvalue weighted by Gasteiger charge is 2.54. The Kier molecular flexibility index (Phi) is 5.46. The molecule has 2 atom stereocenters. The van der Waals surface area contributed by atoms with Gasteiger partial charge in [-0.2, -0.15) is 0 Å². The zero-order chi connectivity index (χ0) is 18.0. The lowest BCUT2D eigenvalue weighted by Crippen LogP contribution is -2.38. The van der Waals surface area contributed by atoms with Crippen molar-refractivity contribution in [3.8, 4) is 0 Å². The Morgan fingerprint density at radius 3 is 2.40 bits per heavy atom. The molecule has 2 fully saturated rings. The first-order valence-electron chi connectivity index (χ1n) is 9.27. The molecule has 0 radical (unpaired) electrons. The molecule has 2 N–H and O–H groups in total. The summed E-state index contributed by atoms with van der Waals surface area (Å²) in [5.74, 6) is 0.611. The molecule has 5 heteroatoms. The van der Waals surface area contributed by atoms with E-state index in [1.807, 2.05) is 11.9 Å². The van der Waals surface area contributed by atoms with Crippen molar-refractivity contribution in [2.75, 3.05) is 46.4 Å². The van der Waals surface area contributed by atoms with Crippen LogP contribution in [0.2, 0.25) is 0 Å². The number of nitrogens with zero attached hydrogens (tertiary/aromatic N) is 2. The first-order valence-corrected chi connectivity index (χ1v) is 9.27. The van der Waals surface area contributed by atoms with E-state index in [1.165, 1.54) is 5.56 Å². The molecule has 1 amide bonds. The van der Waals surface area contributed by atoms with Crippen LogP contribution in [0.1, 0.15) is 24.0 Å². The minimum atomic E-state index is -0.334. The van der Waals surface area contributed by atoms with Crippen molar-refractivity contribution in [3.05, 3.63) is 35.4 Å². The van der Waals surface area contributed by atoms with Gasteiger partial charge in [-0.1, -0.05) is 29.8 Å². The molecule has 1 saturated carbocycles. The monoisotopic (exact) mass is 346 g/mol. The summed E-state index contributed by atoms with van der Waals surface area (Å²) < 4.78 is 0. The van der Waals surface area contributed by atoms with E-state index in [2.05, 4.69) is 36.1 Å². The quantitative estimate of drug-likeness (QED) is 0.774. The number of carbonyl (C=O) groups excluding carboxylic acids is 1. The standard InChI is InChI=1S/C20H30N2O3/c1-15-3-5-18(6-4-15)20(7-8-20)19(25)22-12-16(17(13-22)14-24)11-21(2)9-10-23/h3-6,16-17,23-24H,7-14H2,1-2H3/t16-,17-/m1/s1. The summed E-state index contributed by atoms with van der Waals surface area (Å²) in [5.41, 5.74) is 2.00. The van der Waals surface area contributed by atoms with Crippen molar-refractivity contribution in [2.45, 2.75) is 25.2 Å². The van der Waals surface area contributed by atoms with Crippen LogP contribution in [-0.4, -0.2) is 72.4 Å². The number of likely N-dealkylation sites (N-methyl/N-ethyl adjacent to an activating group) is 1. The van der Waals surface area contributed by atoms with Gasteiger partial charge >= 0.3 is 0 Å². The summed E-state index contributed by atoms with van der Waals surface area (Å²) in [7, 11) is 1.98. The predicted octanol–water partition coefficient (Wildman–Crippen LogP) is 1.02. The topological polar surface area (TPSA) is 64.0 Å². The van der Waals surface area contributed by atoms with E-state index in [0.717, 1.165) is 24.9 Å². The average molecular weight is 346 g/mol. The van der Waals surface area contributed by atoms with Gasteiger partial charge in [0.15, 0.2) is 0 Å². The van der Waals surface area contributed by atoms with Crippen molar-refractivity contribution in [1.29, 1.82) is 0 Å². The second-order valence-electron chi connectivity index (χ2n) is 7.85. The second kappa shape index (κ2) is 7.44. The molecular formula is C20H30N2O3. The highest BCUT2D eigenvalue weighted by atomic mass is 16.3. The molecule has 1 saturated heterocycles. The lowest BCUT2D eigenvalue weighted by Gasteiger charge is -2.25. The number of hydrogen-bond donors (Lipinski definition) is 2. The lowest BCUT2D eigenvalue weighted by molar-refractivity contribution is -0.133. The minimum absolute atomic E-state index is 0.110. The molecule has 138 valence electrons. The van der Waals surface area contributed by atoms with E-state index in [9.17, 15) is 9.90 Å². The Balaban J connectivity index is 1.69. The Morgan fingerprint density at radius 1 is 1.20 bits per heavy atom. The molecule has 1 aliphatic carbocycles. The van der Waals surface area contributed by atoms with Crippen molar-refractivity contribution in [2.24, 2.45) is 11.8 Å². The molecule has 2 aliphatic rings. The SMILES string of the molecule is Cc1ccc(C2(C(=O)N3C[C@@H](CN(C)CCO)[C@@H](CO)C3)CC2)cc1. The van der Waals surface area contributed by atoms with Gasteiger partial charge in [-0.3, -0.25) is 4.79 Å². The van der Waals surface area contributed by atoms with E-state index in [-0.39, 0.29) is 36.4 Å². The third-order valence-electron chi connectivity index (χ3n) is 5.89. The molecule has 0 bridgehead atoms. The Labute approximate surface area is 150 Å². The Hall–Kier alpha value is -1.43. The van der Waals surface area contributed by atoms with Crippen molar-refractivity contribution in [3.63, 3.8) is 0 Å². The fourth-order valence-electron chi connectivity index (χ4n) is 4.11. The van der Waals surface area contributed by atoms with E-state index >= 15 is 0 Å². The van der Waals surface area contributed by atoms with Gasteiger partial charge in [-0.15, -0.1) is 0 Å². The molecule has 1 aromatic carbocycles. The molecule has 3 rings (SSSR count). The van der Waals surface area contributed by atoms with Crippen LogP contribution < -0.4 is 0 Å². The molecule has 0 spiro atoms. The maximum absolute atomic E-state index is 13.2. The molecule has 1 aliphatic heterocycles. The van der Waals surface area contributed by atoms with Crippen molar-refractivity contribution >= 4 is 5.91 Å². The summed E-state index contributed by atoms with van der Waals surface area (Å²) in [6.07, 6.45) is 1.84. The molecule has 0 unspecified atom stereocenters. The molecular weight excluding hydrogens is 316 g/mol. The van der Waals surface area contributed by atoms with Crippen LogP contribution in [0, 0.1) is 18.8 Å². The maximum Gasteiger partial charge on any atom is 0.233 e. The summed E-state index contributed by atoms with van der Waals surface area (Å²) in [6.45, 7) is 5.06. The molecule has 5 nitrogen and oxygen atoms in total. The number of amides is 1. The number of rotatable bonds is 7. The van der Waals surface area contributed by atoms with Gasteiger partial charge in [0.1, 0.15) is 0 Å². The normalized spacial score (nSPS) is 24.8. The summed E-state index contributed by atoms with van der Waals surface area (Å²) >= 11 is 0. The summed E-state index contributed by atoms with van der Waals surface area (Å²) in [4.78, 5) is 17.3. The van der Waals surface area contributed by atoms with Gasteiger partial charge in [-0.05, 0) is 38.3 Å². The second-order valence-corrected chi connectivity index (χ2v) is 7.85. The van der Waals surface area contributed by atoms with Gasteiger partial charge in [0.05, 0.1) is 12.0 Å². The van der Waals surface area contributed by atoms with E-state index in [0.29, 0.717) is 19.6 Å². The van der Waals surface area contributed by atoms with Crippen LogP contribution in [0.15, 0.2) is 24.3 Å². The van der Waals surface area contributed by atoms with Gasteiger partial charge in [0.2, 0.25) is 5.91 Å². The van der Waals surface area contributed by atoms with E-state index in [1.54, 1.807) is 0 Å². The third-order valence-corrected chi connectivity index (χ3v) is 5.89. The van der Waals surface area contributed by atoms with Gasteiger partial charge in [-0.25, -0.2) is 0 Å². The minimum Gasteiger partial charge on any atom is -0.396 e. The van der Waals surface area contributed by atoms with Crippen LogP contribution in [-0.2, 0) is 10.2 Å². The number of aliphatic hydroxyl groups is 2. The highest BCUT2D eigenvalue weighted by Crippen LogP contribution is 2.50. The fraction of sp³-hybridized carbons (Fsp3) is 0.650. The number of aliphatic hydroxyl groups excluding tert-OH is 2. The zero-order valence-electron chi connectivity index (χ0n) is 15.3. The number of carbonyl (C=O) groups is 1. The van der Waals surface area contributed by atoms with Crippen molar-refractivity contribution < 1.29 is 15.0 Å². The summed E-state index contributed by atoms with van der Waals surface area (Å²) in [6, 6.07) is 8.34. The molecule has 1 heterocycles. The predicted molar refractivity (Wildman–Crippen MR) is 97.3 cm³/mol. The van der Waals surface area contributed by atoms with Gasteiger partial charge < -0.3 is 20.0 Å². The number of benzene rings is 1. The van der Waals surface area contributed by atoms with Crippen LogP contribution in [0.5, 0.6) is 0 Å². The Bertz CT molecular complexity index is 597. The maximum atomic E-state index is 13.2. The Morgan fingerprint density at radius 2 is 1.84 bits per heavy atom. The van der Waals surface area contributed by atoms with Gasteiger partial charge in [0, 0.05) is 38.7 Å².